The normalized spacial score (nSPS) is 15.5. The van der Waals surface area contributed by atoms with Crippen LogP contribution in [0.2, 0.25) is 0 Å². The summed E-state index contributed by atoms with van der Waals surface area (Å²) in [5, 5.41) is 3.47. The molecule has 0 spiro atoms. The van der Waals surface area contributed by atoms with Gasteiger partial charge in [0.25, 0.3) is 5.56 Å². The molecule has 1 unspecified atom stereocenters. The van der Waals surface area contributed by atoms with E-state index in [2.05, 4.69) is 24.4 Å². The summed E-state index contributed by atoms with van der Waals surface area (Å²) in [7, 11) is 3.05. The second kappa shape index (κ2) is 10.3. The number of hydrogen-bond acceptors (Lipinski definition) is 9. The van der Waals surface area contributed by atoms with Gasteiger partial charge in [-0.1, -0.05) is 0 Å². The first kappa shape index (κ1) is 23.2. The van der Waals surface area contributed by atoms with Crippen molar-refractivity contribution >= 4 is 28.0 Å². The fraction of sp³-hybridized carbons (Fsp3) is 0.364. The topological polar surface area (TPSA) is 129 Å². The highest BCUT2D eigenvalue weighted by Crippen LogP contribution is 2.29. The molecule has 1 aliphatic rings. The summed E-state index contributed by atoms with van der Waals surface area (Å²) < 4.78 is 36.0. The second-order valence-corrected chi connectivity index (χ2v) is 8.26. The van der Waals surface area contributed by atoms with Crippen molar-refractivity contribution in [3.8, 4) is 22.9 Å². The van der Waals surface area contributed by atoms with Crippen LogP contribution < -0.4 is 25.2 Å². The molecule has 4 rings (SSSR count). The molecule has 0 aliphatic carbocycles. The molecule has 2 N–H and O–H groups in total. The van der Waals surface area contributed by atoms with Gasteiger partial charge in [-0.2, -0.15) is 0 Å². The Morgan fingerprint density at radius 1 is 1.18 bits per heavy atom. The fourth-order valence-electron chi connectivity index (χ4n) is 4.00. The predicted molar refractivity (Wildman–Crippen MR) is 124 cm³/mol. The Bertz CT molecular complexity index is 1190. The lowest BCUT2D eigenvalue weighted by Crippen LogP contribution is -2.43. The number of fused-ring (bicyclic) bond motifs is 1. The molecule has 1 atom stereocenters. The Hall–Kier alpha value is -2.99. The molecule has 1 aliphatic heterocycles. The molecule has 176 valence electrons. The van der Waals surface area contributed by atoms with E-state index in [1.165, 1.54) is 7.11 Å². The minimum absolute atomic E-state index is 0.00974. The lowest BCUT2D eigenvalue weighted by Gasteiger charge is -2.34. The molecule has 2 heterocycles. The molecule has 3 aromatic rings. The lowest BCUT2D eigenvalue weighted by molar-refractivity contribution is 0.244. The number of piperidine rings is 1. The quantitative estimate of drug-likeness (QED) is 0.372. The maximum absolute atomic E-state index is 12.7. The van der Waals surface area contributed by atoms with E-state index in [9.17, 15) is 13.6 Å². The van der Waals surface area contributed by atoms with E-state index in [4.69, 9.17) is 9.47 Å². The molecule has 10 nitrogen and oxygen atoms in total. The first-order valence-corrected chi connectivity index (χ1v) is 11.5. The number of anilines is 1. The molecular formula is C22H25N4O6S-. The van der Waals surface area contributed by atoms with Crippen molar-refractivity contribution in [3.05, 3.63) is 46.8 Å². The summed E-state index contributed by atoms with van der Waals surface area (Å²) in [6.45, 7) is 1.66. The van der Waals surface area contributed by atoms with E-state index in [1.54, 1.807) is 19.2 Å². The molecule has 1 saturated heterocycles. The number of benzene rings is 2. The van der Waals surface area contributed by atoms with E-state index >= 15 is 0 Å². The monoisotopic (exact) mass is 473 g/mol. The summed E-state index contributed by atoms with van der Waals surface area (Å²) >= 11 is -2.50. The van der Waals surface area contributed by atoms with Gasteiger partial charge in [-0.25, -0.2) is 9.19 Å². The smallest absolute Gasteiger partial charge is 0.262 e. The van der Waals surface area contributed by atoms with Crippen LogP contribution >= 0.6 is 0 Å². The van der Waals surface area contributed by atoms with Gasteiger partial charge in [0.1, 0.15) is 29.4 Å². The maximum Gasteiger partial charge on any atom is 0.262 e. The van der Waals surface area contributed by atoms with Crippen LogP contribution in [-0.4, -0.2) is 58.8 Å². The number of aromatic amines is 1. The van der Waals surface area contributed by atoms with Crippen LogP contribution in [0.1, 0.15) is 12.8 Å². The summed E-state index contributed by atoms with van der Waals surface area (Å²) in [4.78, 5) is 22.5. The van der Waals surface area contributed by atoms with Crippen molar-refractivity contribution in [1.82, 2.24) is 15.3 Å². The van der Waals surface area contributed by atoms with Crippen molar-refractivity contribution in [2.75, 3.05) is 38.9 Å². The van der Waals surface area contributed by atoms with Gasteiger partial charge in [-0.05, 0) is 37.1 Å². The number of nitrogens with one attached hydrogen (secondary N) is 2. The van der Waals surface area contributed by atoms with Gasteiger partial charge in [0.2, 0.25) is 0 Å². The fourth-order valence-corrected chi connectivity index (χ4v) is 4.16. The molecule has 11 heteroatoms. The summed E-state index contributed by atoms with van der Waals surface area (Å²) in [5.41, 5.74) is 2.07. The number of ether oxygens (including phenoxy) is 2. The maximum atomic E-state index is 12.7. The average molecular weight is 474 g/mol. The van der Waals surface area contributed by atoms with Crippen LogP contribution in [0, 0.1) is 0 Å². The third-order valence-electron chi connectivity index (χ3n) is 5.73. The van der Waals surface area contributed by atoms with E-state index in [0.29, 0.717) is 28.2 Å². The number of nitrogens with zero attached hydrogens (tertiary/aromatic N) is 2. The highest BCUT2D eigenvalue weighted by Gasteiger charge is 2.19. The minimum Gasteiger partial charge on any atom is -0.750 e. The molecular weight excluding hydrogens is 448 g/mol. The third kappa shape index (κ3) is 5.33. The zero-order valence-electron chi connectivity index (χ0n) is 18.3. The van der Waals surface area contributed by atoms with Gasteiger partial charge in [-0.15, -0.1) is 0 Å². The summed E-state index contributed by atoms with van der Waals surface area (Å²) in [5.74, 6) is 1.43. The number of rotatable bonds is 8. The van der Waals surface area contributed by atoms with Crippen molar-refractivity contribution in [3.63, 3.8) is 0 Å². The summed E-state index contributed by atoms with van der Waals surface area (Å²) in [6.07, 6.45) is 1.75. The third-order valence-corrected chi connectivity index (χ3v) is 6.04. The number of methoxy groups -OCH3 is 2. The Morgan fingerprint density at radius 2 is 1.91 bits per heavy atom. The number of H-pyrrole nitrogens is 1. The van der Waals surface area contributed by atoms with Crippen molar-refractivity contribution in [1.29, 1.82) is 0 Å². The first-order chi connectivity index (χ1) is 16.0. The highest BCUT2D eigenvalue weighted by atomic mass is 32.2. The van der Waals surface area contributed by atoms with Crippen LogP contribution in [0.15, 0.2) is 41.2 Å². The van der Waals surface area contributed by atoms with Crippen LogP contribution in [0.25, 0.3) is 22.3 Å². The minimum atomic E-state index is -2.50. The average Bonchev–Trinajstić information content (AvgIpc) is 2.83. The van der Waals surface area contributed by atoms with Crippen LogP contribution in [-0.2, 0) is 15.5 Å². The van der Waals surface area contributed by atoms with Crippen LogP contribution in [0.3, 0.4) is 0 Å². The Balaban J connectivity index is 1.48. The molecule has 0 amide bonds. The number of hydrogen-bond donors (Lipinski definition) is 2. The Labute approximate surface area is 193 Å². The molecule has 1 aromatic heterocycles. The highest BCUT2D eigenvalue weighted by molar-refractivity contribution is 7.74. The predicted octanol–water partition coefficient (Wildman–Crippen LogP) is 1.93. The zero-order chi connectivity index (χ0) is 23.4. The molecule has 1 fully saturated rings. The second-order valence-electron chi connectivity index (χ2n) is 7.62. The molecule has 33 heavy (non-hydrogen) atoms. The van der Waals surface area contributed by atoms with Crippen molar-refractivity contribution in [2.45, 2.75) is 18.9 Å². The van der Waals surface area contributed by atoms with Gasteiger partial charge in [0, 0.05) is 42.5 Å². The Morgan fingerprint density at radius 3 is 2.55 bits per heavy atom. The largest absolute Gasteiger partial charge is 0.750 e. The van der Waals surface area contributed by atoms with E-state index < -0.39 is 11.4 Å². The van der Waals surface area contributed by atoms with E-state index in [0.717, 1.165) is 37.2 Å². The van der Waals surface area contributed by atoms with Gasteiger partial charge in [-0.3, -0.25) is 14.3 Å². The standard InChI is InChI=1S/C22H26N4O6S/c1-30-17-11-18-20(19(12-17)31-2)22(27)25-21(24-18)14-3-5-16(6-4-14)26-9-7-15(8-10-26)23-13-32-33(28)29/h3-6,11-12,15,23H,7-10,13H2,1-2H3,(H,28,29)(H,24,25,27)/p-1. The SMILES string of the molecule is COc1cc(OC)c2c(=O)[nH]c(-c3ccc(N4CCC(NCOS(=O)[O-])CC4)cc3)nc2c1. The van der Waals surface area contributed by atoms with Gasteiger partial charge in [0.05, 0.1) is 31.1 Å². The van der Waals surface area contributed by atoms with E-state index in [1.807, 2.05) is 24.3 Å². The van der Waals surface area contributed by atoms with Crippen LogP contribution in [0.4, 0.5) is 5.69 Å². The zero-order valence-corrected chi connectivity index (χ0v) is 19.1. The molecule has 0 bridgehead atoms. The van der Waals surface area contributed by atoms with Crippen molar-refractivity contribution < 1.29 is 22.4 Å². The van der Waals surface area contributed by atoms with Gasteiger partial charge in [0.15, 0.2) is 0 Å². The molecule has 2 aromatic carbocycles. The number of aromatic nitrogens is 2. The molecule has 0 saturated carbocycles. The lowest BCUT2D eigenvalue weighted by atomic mass is 10.0. The van der Waals surface area contributed by atoms with E-state index in [-0.39, 0.29) is 18.3 Å². The van der Waals surface area contributed by atoms with Crippen LogP contribution in [0.5, 0.6) is 11.5 Å². The Kier molecular flexibility index (Phi) is 7.23. The van der Waals surface area contributed by atoms with Crippen molar-refractivity contribution in [2.24, 2.45) is 0 Å². The van der Waals surface area contributed by atoms with Gasteiger partial charge < -0.3 is 23.9 Å². The first-order valence-electron chi connectivity index (χ1n) is 10.5. The van der Waals surface area contributed by atoms with Gasteiger partial charge >= 0.3 is 0 Å². The molecule has 0 radical (unpaired) electrons. The summed E-state index contributed by atoms with van der Waals surface area (Å²) in [6, 6.07) is 11.4.